The van der Waals surface area contributed by atoms with Crippen LogP contribution in [0.25, 0.3) is 0 Å². The van der Waals surface area contributed by atoms with Crippen molar-refractivity contribution in [2.75, 3.05) is 0 Å². The Morgan fingerprint density at radius 1 is 0.960 bits per heavy atom. The predicted octanol–water partition coefficient (Wildman–Crippen LogP) is 5.21. The van der Waals surface area contributed by atoms with Gasteiger partial charge in [0.2, 0.25) is 5.91 Å². The third-order valence-electron chi connectivity index (χ3n) is 4.19. The summed E-state index contributed by atoms with van der Waals surface area (Å²) in [6.45, 7) is 2.08. The average Bonchev–Trinajstić information content (AvgIpc) is 2.61. The van der Waals surface area contributed by atoms with Gasteiger partial charge < -0.3 is 5.32 Å². The molecule has 25 heavy (non-hydrogen) atoms. The Morgan fingerprint density at radius 2 is 1.68 bits per heavy atom. The number of aryl methyl sites for hydroxylation is 1. The van der Waals surface area contributed by atoms with Crippen molar-refractivity contribution in [1.29, 1.82) is 0 Å². The molecule has 126 valence electrons. The molecule has 3 aromatic carbocycles. The zero-order valence-electron chi connectivity index (χ0n) is 14.1. The van der Waals surface area contributed by atoms with Crippen molar-refractivity contribution in [1.82, 2.24) is 5.32 Å². The summed E-state index contributed by atoms with van der Waals surface area (Å²) >= 11 is 3.45. The van der Waals surface area contributed by atoms with E-state index in [0.29, 0.717) is 6.42 Å². The molecule has 0 saturated carbocycles. The molecule has 3 rings (SSSR count). The first-order valence-electron chi connectivity index (χ1n) is 8.28. The van der Waals surface area contributed by atoms with Gasteiger partial charge in [-0.25, -0.2) is 0 Å². The smallest absolute Gasteiger partial charge is 0.225 e. The van der Waals surface area contributed by atoms with Crippen molar-refractivity contribution in [3.63, 3.8) is 0 Å². The van der Waals surface area contributed by atoms with E-state index in [9.17, 15) is 4.79 Å². The molecule has 1 amide bonds. The molecule has 0 bridgehead atoms. The zero-order chi connectivity index (χ0) is 17.6. The summed E-state index contributed by atoms with van der Waals surface area (Å²) in [5, 5.41) is 3.20. The monoisotopic (exact) mass is 393 g/mol. The fraction of sp³-hybridized carbons (Fsp3) is 0.136. The maximum atomic E-state index is 12.7. The van der Waals surface area contributed by atoms with E-state index in [2.05, 4.69) is 52.4 Å². The molecule has 0 unspecified atom stereocenters. The molecule has 0 aliphatic rings. The first-order valence-corrected chi connectivity index (χ1v) is 9.07. The highest BCUT2D eigenvalue weighted by atomic mass is 79.9. The van der Waals surface area contributed by atoms with Crippen molar-refractivity contribution in [3.05, 3.63) is 106 Å². The second-order valence-electron chi connectivity index (χ2n) is 6.07. The van der Waals surface area contributed by atoms with Gasteiger partial charge in [-0.3, -0.25) is 4.79 Å². The number of hydrogen-bond acceptors (Lipinski definition) is 1. The van der Waals surface area contributed by atoms with Crippen LogP contribution in [0.1, 0.15) is 28.3 Å². The van der Waals surface area contributed by atoms with E-state index in [1.54, 1.807) is 0 Å². The standard InChI is InChI=1S/C22H20BrNO/c1-16-8-5-6-13-20(16)22(18-10-3-2-4-11-18)24-21(25)15-17-9-7-12-19(23)14-17/h2-14,22H,15H2,1H3,(H,24,25)/t22-/m0/s1. The molecule has 0 radical (unpaired) electrons. The van der Waals surface area contributed by atoms with E-state index in [4.69, 9.17) is 0 Å². The van der Waals surface area contributed by atoms with Gasteiger partial charge in [0.25, 0.3) is 0 Å². The molecule has 1 atom stereocenters. The van der Waals surface area contributed by atoms with Gasteiger partial charge in [-0.15, -0.1) is 0 Å². The predicted molar refractivity (Wildman–Crippen MR) is 105 cm³/mol. The summed E-state index contributed by atoms with van der Waals surface area (Å²) in [4.78, 5) is 12.7. The Morgan fingerprint density at radius 3 is 2.40 bits per heavy atom. The van der Waals surface area contributed by atoms with E-state index >= 15 is 0 Å². The molecule has 3 aromatic rings. The van der Waals surface area contributed by atoms with Gasteiger partial charge in [0.15, 0.2) is 0 Å². The van der Waals surface area contributed by atoms with E-state index in [1.807, 2.05) is 54.6 Å². The van der Waals surface area contributed by atoms with Crippen LogP contribution in [0.4, 0.5) is 0 Å². The first kappa shape index (κ1) is 17.4. The lowest BCUT2D eigenvalue weighted by molar-refractivity contribution is -0.120. The van der Waals surface area contributed by atoms with E-state index in [-0.39, 0.29) is 11.9 Å². The summed E-state index contributed by atoms with van der Waals surface area (Å²) in [7, 11) is 0. The largest absolute Gasteiger partial charge is 0.345 e. The lowest BCUT2D eigenvalue weighted by Crippen LogP contribution is -2.31. The number of carbonyl (C=O) groups is 1. The Hall–Kier alpha value is -2.39. The lowest BCUT2D eigenvalue weighted by atomic mass is 9.94. The quantitative estimate of drug-likeness (QED) is 0.633. The Labute approximate surface area is 157 Å². The van der Waals surface area contributed by atoms with Gasteiger partial charge in [0.05, 0.1) is 12.5 Å². The van der Waals surface area contributed by atoms with E-state index < -0.39 is 0 Å². The first-order chi connectivity index (χ1) is 12.1. The number of rotatable bonds is 5. The lowest BCUT2D eigenvalue weighted by Gasteiger charge is -2.22. The highest BCUT2D eigenvalue weighted by molar-refractivity contribution is 9.10. The van der Waals surface area contributed by atoms with Crippen molar-refractivity contribution in [2.24, 2.45) is 0 Å². The summed E-state index contributed by atoms with van der Waals surface area (Å²) in [5.74, 6) is 0.00945. The summed E-state index contributed by atoms with van der Waals surface area (Å²) in [6, 6.07) is 26.0. The zero-order valence-corrected chi connectivity index (χ0v) is 15.7. The number of hydrogen-bond donors (Lipinski definition) is 1. The fourth-order valence-corrected chi connectivity index (χ4v) is 3.39. The van der Waals surface area contributed by atoms with E-state index in [1.165, 1.54) is 5.56 Å². The number of amides is 1. The highest BCUT2D eigenvalue weighted by Crippen LogP contribution is 2.25. The molecule has 0 fully saturated rings. The molecular formula is C22H20BrNO. The van der Waals surface area contributed by atoms with Gasteiger partial charge in [-0.1, -0.05) is 82.7 Å². The van der Waals surface area contributed by atoms with Crippen LogP contribution in [-0.4, -0.2) is 5.91 Å². The van der Waals surface area contributed by atoms with E-state index in [0.717, 1.165) is 21.2 Å². The Kier molecular flexibility index (Phi) is 5.67. The summed E-state index contributed by atoms with van der Waals surface area (Å²) in [5.41, 5.74) is 4.36. The number of halogens is 1. The van der Waals surface area contributed by atoms with Gasteiger partial charge in [0, 0.05) is 4.47 Å². The van der Waals surface area contributed by atoms with Crippen LogP contribution in [0.3, 0.4) is 0 Å². The average molecular weight is 394 g/mol. The van der Waals surface area contributed by atoms with Crippen molar-refractivity contribution >= 4 is 21.8 Å². The molecular weight excluding hydrogens is 374 g/mol. The van der Waals surface area contributed by atoms with Gasteiger partial charge >= 0.3 is 0 Å². The Balaban J connectivity index is 1.85. The second-order valence-corrected chi connectivity index (χ2v) is 6.99. The van der Waals surface area contributed by atoms with Crippen LogP contribution in [0.15, 0.2) is 83.3 Å². The number of benzene rings is 3. The van der Waals surface area contributed by atoms with Gasteiger partial charge in [-0.2, -0.15) is 0 Å². The molecule has 1 N–H and O–H groups in total. The minimum Gasteiger partial charge on any atom is -0.345 e. The molecule has 0 aliphatic heterocycles. The van der Waals surface area contributed by atoms with Crippen LogP contribution in [0.2, 0.25) is 0 Å². The van der Waals surface area contributed by atoms with Crippen LogP contribution < -0.4 is 5.32 Å². The third kappa shape index (κ3) is 4.58. The van der Waals surface area contributed by atoms with Crippen molar-refractivity contribution < 1.29 is 4.79 Å². The highest BCUT2D eigenvalue weighted by Gasteiger charge is 2.18. The number of nitrogens with one attached hydrogen (secondary N) is 1. The molecule has 0 spiro atoms. The fourth-order valence-electron chi connectivity index (χ4n) is 2.94. The molecule has 0 aliphatic carbocycles. The molecule has 0 aromatic heterocycles. The van der Waals surface area contributed by atoms with Crippen LogP contribution >= 0.6 is 15.9 Å². The molecule has 2 nitrogen and oxygen atoms in total. The summed E-state index contributed by atoms with van der Waals surface area (Å²) in [6.07, 6.45) is 0.356. The maximum Gasteiger partial charge on any atom is 0.225 e. The molecule has 0 heterocycles. The minimum absolute atomic E-state index is 0.00945. The van der Waals surface area contributed by atoms with Gasteiger partial charge in [-0.05, 0) is 41.3 Å². The second kappa shape index (κ2) is 8.13. The topological polar surface area (TPSA) is 29.1 Å². The van der Waals surface area contributed by atoms with Crippen molar-refractivity contribution in [3.8, 4) is 0 Å². The van der Waals surface area contributed by atoms with Crippen LogP contribution in [0.5, 0.6) is 0 Å². The van der Waals surface area contributed by atoms with Gasteiger partial charge in [0.1, 0.15) is 0 Å². The molecule has 3 heteroatoms. The Bertz CT molecular complexity index is 861. The normalized spacial score (nSPS) is 11.8. The third-order valence-corrected chi connectivity index (χ3v) is 4.68. The number of carbonyl (C=O) groups excluding carboxylic acids is 1. The van der Waals surface area contributed by atoms with Crippen molar-refractivity contribution in [2.45, 2.75) is 19.4 Å². The summed E-state index contributed by atoms with van der Waals surface area (Å²) < 4.78 is 0.983. The maximum absolute atomic E-state index is 12.7. The van der Waals surface area contributed by atoms with Crippen LogP contribution in [0, 0.1) is 6.92 Å². The minimum atomic E-state index is -0.151. The van der Waals surface area contributed by atoms with Crippen LogP contribution in [-0.2, 0) is 11.2 Å². The SMILES string of the molecule is Cc1ccccc1[C@@H](NC(=O)Cc1cccc(Br)c1)c1ccccc1. The molecule has 0 saturated heterocycles.